The molecule has 0 aliphatic rings. The summed E-state index contributed by atoms with van der Waals surface area (Å²) in [6, 6.07) is 0. The van der Waals surface area contributed by atoms with E-state index in [2.05, 4.69) is 23.8 Å². The van der Waals surface area contributed by atoms with Crippen LogP contribution in [-0.4, -0.2) is 17.1 Å². The third kappa shape index (κ3) is 2.17. The third-order valence-corrected chi connectivity index (χ3v) is 2.24. The molecule has 0 amide bonds. The van der Waals surface area contributed by atoms with Gasteiger partial charge in [0.2, 0.25) is 5.88 Å². The highest BCUT2D eigenvalue weighted by Crippen LogP contribution is 2.19. The van der Waals surface area contributed by atoms with Crippen molar-refractivity contribution in [3.63, 3.8) is 0 Å². The van der Waals surface area contributed by atoms with Crippen LogP contribution in [0.4, 0.5) is 0 Å². The Balaban J connectivity index is 2.99. The molecule has 0 spiro atoms. The molecule has 0 aliphatic carbocycles. The molecular formula is C10H16N2O. The number of hydrogen-bond donors (Lipinski definition) is 0. The quantitative estimate of drug-likeness (QED) is 0.716. The molecule has 0 aliphatic heterocycles. The zero-order chi connectivity index (χ0) is 9.84. The summed E-state index contributed by atoms with van der Waals surface area (Å²) >= 11 is 0. The molecule has 0 bridgehead atoms. The van der Waals surface area contributed by atoms with Gasteiger partial charge in [0.1, 0.15) is 0 Å². The van der Waals surface area contributed by atoms with Gasteiger partial charge in [0, 0.05) is 6.20 Å². The summed E-state index contributed by atoms with van der Waals surface area (Å²) in [6.45, 7) is 6.17. The van der Waals surface area contributed by atoms with Gasteiger partial charge in [-0.15, -0.1) is 0 Å². The lowest BCUT2D eigenvalue weighted by atomic mass is 10.1. The van der Waals surface area contributed by atoms with E-state index in [1.54, 1.807) is 7.11 Å². The predicted molar refractivity (Wildman–Crippen MR) is 52.0 cm³/mol. The number of ether oxygens (including phenoxy) is 1. The molecule has 0 N–H and O–H groups in total. The molecule has 0 fully saturated rings. The van der Waals surface area contributed by atoms with Crippen molar-refractivity contribution in [2.45, 2.75) is 33.1 Å². The van der Waals surface area contributed by atoms with Crippen LogP contribution in [0.5, 0.6) is 5.88 Å². The molecule has 72 valence electrons. The molecule has 0 saturated heterocycles. The Hall–Kier alpha value is -1.12. The second kappa shape index (κ2) is 4.21. The number of hydrogen-bond acceptors (Lipinski definition) is 3. The van der Waals surface area contributed by atoms with Gasteiger partial charge in [0.05, 0.1) is 18.5 Å². The standard InChI is InChI=1S/C10H16N2O/c1-5-7(2)9-6-11-8(3)10(12-9)13-4/h6-7H,5H2,1-4H3. The average molecular weight is 180 g/mol. The summed E-state index contributed by atoms with van der Waals surface area (Å²) in [5.41, 5.74) is 1.85. The second-order valence-corrected chi connectivity index (χ2v) is 3.20. The van der Waals surface area contributed by atoms with Crippen molar-refractivity contribution in [3.8, 4) is 5.88 Å². The first-order valence-corrected chi connectivity index (χ1v) is 4.56. The Morgan fingerprint density at radius 1 is 1.54 bits per heavy atom. The number of methoxy groups -OCH3 is 1. The minimum absolute atomic E-state index is 0.446. The first kappa shape index (κ1) is 9.96. The van der Waals surface area contributed by atoms with Crippen molar-refractivity contribution in [3.05, 3.63) is 17.6 Å². The van der Waals surface area contributed by atoms with Gasteiger partial charge in [-0.2, -0.15) is 0 Å². The van der Waals surface area contributed by atoms with Gasteiger partial charge in [-0.1, -0.05) is 13.8 Å². The zero-order valence-corrected chi connectivity index (χ0v) is 8.66. The Labute approximate surface area is 79.2 Å². The van der Waals surface area contributed by atoms with Crippen LogP contribution in [0.25, 0.3) is 0 Å². The molecule has 0 radical (unpaired) electrons. The van der Waals surface area contributed by atoms with Crippen molar-refractivity contribution in [1.29, 1.82) is 0 Å². The van der Waals surface area contributed by atoms with Gasteiger partial charge < -0.3 is 4.74 Å². The van der Waals surface area contributed by atoms with Crippen molar-refractivity contribution in [1.82, 2.24) is 9.97 Å². The highest BCUT2D eigenvalue weighted by atomic mass is 16.5. The topological polar surface area (TPSA) is 35.0 Å². The maximum atomic E-state index is 5.11. The predicted octanol–water partition coefficient (Wildman–Crippen LogP) is 2.31. The average Bonchev–Trinajstić information content (AvgIpc) is 2.17. The Morgan fingerprint density at radius 3 is 2.77 bits per heavy atom. The fourth-order valence-electron chi connectivity index (χ4n) is 1.09. The van der Waals surface area contributed by atoms with E-state index in [9.17, 15) is 0 Å². The van der Waals surface area contributed by atoms with Gasteiger partial charge in [0.15, 0.2) is 0 Å². The van der Waals surface area contributed by atoms with Crippen LogP contribution in [0.2, 0.25) is 0 Å². The van der Waals surface area contributed by atoms with Gasteiger partial charge in [-0.25, -0.2) is 4.98 Å². The van der Waals surface area contributed by atoms with Gasteiger partial charge >= 0.3 is 0 Å². The summed E-state index contributed by atoms with van der Waals surface area (Å²) in [7, 11) is 1.62. The molecule has 3 heteroatoms. The SMILES string of the molecule is CCC(C)c1cnc(C)c(OC)n1. The molecule has 1 unspecified atom stereocenters. The molecule has 1 atom stereocenters. The maximum Gasteiger partial charge on any atom is 0.235 e. The van der Waals surface area contributed by atoms with Crippen molar-refractivity contribution >= 4 is 0 Å². The summed E-state index contributed by atoms with van der Waals surface area (Å²) in [6.07, 6.45) is 2.90. The maximum absolute atomic E-state index is 5.11. The van der Waals surface area contributed by atoms with E-state index in [1.165, 1.54) is 0 Å². The van der Waals surface area contributed by atoms with Crippen molar-refractivity contribution in [2.24, 2.45) is 0 Å². The summed E-state index contributed by atoms with van der Waals surface area (Å²) < 4.78 is 5.11. The lowest BCUT2D eigenvalue weighted by molar-refractivity contribution is 0.388. The zero-order valence-electron chi connectivity index (χ0n) is 8.66. The van der Waals surface area contributed by atoms with Crippen LogP contribution in [0.15, 0.2) is 6.20 Å². The summed E-state index contributed by atoms with van der Waals surface area (Å²) in [5, 5.41) is 0. The smallest absolute Gasteiger partial charge is 0.235 e. The number of aryl methyl sites for hydroxylation is 1. The van der Waals surface area contributed by atoms with E-state index < -0.39 is 0 Å². The van der Waals surface area contributed by atoms with E-state index >= 15 is 0 Å². The Kier molecular flexibility index (Phi) is 3.23. The third-order valence-electron chi connectivity index (χ3n) is 2.24. The van der Waals surface area contributed by atoms with Crippen LogP contribution >= 0.6 is 0 Å². The lowest BCUT2D eigenvalue weighted by Gasteiger charge is -2.09. The van der Waals surface area contributed by atoms with Crippen LogP contribution in [0.3, 0.4) is 0 Å². The van der Waals surface area contributed by atoms with Gasteiger partial charge in [0.25, 0.3) is 0 Å². The monoisotopic (exact) mass is 180 g/mol. The van der Waals surface area contributed by atoms with Gasteiger partial charge in [-0.05, 0) is 19.3 Å². The summed E-state index contributed by atoms with van der Waals surface area (Å²) in [5.74, 6) is 1.08. The molecule has 0 saturated carbocycles. The van der Waals surface area contributed by atoms with E-state index in [4.69, 9.17) is 4.74 Å². The minimum atomic E-state index is 0.446. The van der Waals surface area contributed by atoms with E-state index in [-0.39, 0.29) is 0 Å². The molecule has 3 nitrogen and oxygen atoms in total. The van der Waals surface area contributed by atoms with Crippen LogP contribution in [0.1, 0.15) is 37.6 Å². The Morgan fingerprint density at radius 2 is 2.23 bits per heavy atom. The first-order chi connectivity index (χ1) is 6.19. The molecule has 0 aromatic carbocycles. The minimum Gasteiger partial charge on any atom is -0.480 e. The fraction of sp³-hybridized carbons (Fsp3) is 0.600. The highest BCUT2D eigenvalue weighted by molar-refractivity contribution is 5.19. The van der Waals surface area contributed by atoms with Crippen molar-refractivity contribution < 1.29 is 4.74 Å². The van der Waals surface area contributed by atoms with E-state index in [1.807, 2.05) is 13.1 Å². The molecular weight excluding hydrogens is 164 g/mol. The van der Waals surface area contributed by atoms with Crippen LogP contribution in [0, 0.1) is 6.92 Å². The first-order valence-electron chi connectivity index (χ1n) is 4.56. The number of aromatic nitrogens is 2. The molecule has 1 aromatic heterocycles. The molecule has 1 rings (SSSR count). The Bertz CT molecular complexity index is 286. The largest absolute Gasteiger partial charge is 0.480 e. The lowest BCUT2D eigenvalue weighted by Crippen LogP contribution is -2.01. The molecule has 1 aromatic rings. The van der Waals surface area contributed by atoms with Crippen molar-refractivity contribution in [2.75, 3.05) is 7.11 Å². The summed E-state index contributed by atoms with van der Waals surface area (Å²) in [4.78, 5) is 8.61. The van der Waals surface area contributed by atoms with Gasteiger partial charge in [-0.3, -0.25) is 4.98 Å². The molecule has 13 heavy (non-hydrogen) atoms. The fourth-order valence-corrected chi connectivity index (χ4v) is 1.09. The second-order valence-electron chi connectivity index (χ2n) is 3.20. The van der Waals surface area contributed by atoms with E-state index in [0.29, 0.717) is 11.8 Å². The highest BCUT2D eigenvalue weighted by Gasteiger charge is 2.08. The molecule has 1 heterocycles. The van der Waals surface area contributed by atoms with Crippen LogP contribution < -0.4 is 4.74 Å². The normalized spacial score (nSPS) is 12.6. The van der Waals surface area contributed by atoms with E-state index in [0.717, 1.165) is 17.8 Å². The number of nitrogens with zero attached hydrogens (tertiary/aromatic N) is 2. The van der Waals surface area contributed by atoms with Crippen LogP contribution in [-0.2, 0) is 0 Å². The number of rotatable bonds is 3.